The van der Waals surface area contributed by atoms with Gasteiger partial charge in [0.05, 0.1) is 14.2 Å². The first-order valence-corrected chi connectivity index (χ1v) is 5.35. The fourth-order valence-corrected chi connectivity index (χ4v) is 1.73. The van der Waals surface area contributed by atoms with Crippen molar-refractivity contribution in [1.82, 2.24) is 0 Å². The Morgan fingerprint density at radius 1 is 1.22 bits per heavy atom. The van der Waals surface area contributed by atoms with Gasteiger partial charge in [0.25, 0.3) is 0 Å². The lowest BCUT2D eigenvalue weighted by Crippen LogP contribution is -2.40. The summed E-state index contributed by atoms with van der Waals surface area (Å²) in [5.41, 5.74) is -0.953. The third-order valence-corrected chi connectivity index (χ3v) is 2.72. The van der Waals surface area contributed by atoms with Crippen LogP contribution >= 0.6 is 0 Å². The van der Waals surface area contributed by atoms with Crippen LogP contribution in [0.25, 0.3) is 0 Å². The van der Waals surface area contributed by atoms with Crippen molar-refractivity contribution in [3.8, 4) is 0 Å². The normalized spacial score (nSPS) is 10.9. The second kappa shape index (κ2) is 5.62. The Morgan fingerprint density at radius 3 is 2.22 bits per heavy atom. The minimum absolute atomic E-state index is 0.0180. The van der Waals surface area contributed by atoms with Gasteiger partial charge < -0.3 is 9.47 Å². The van der Waals surface area contributed by atoms with Crippen molar-refractivity contribution in [2.24, 2.45) is 5.41 Å². The van der Waals surface area contributed by atoms with Crippen molar-refractivity contribution < 1.29 is 23.5 Å². The number of esters is 2. The molecule has 18 heavy (non-hydrogen) atoms. The zero-order chi connectivity index (χ0) is 13.8. The van der Waals surface area contributed by atoms with Crippen molar-refractivity contribution in [3.05, 3.63) is 35.6 Å². The van der Waals surface area contributed by atoms with Gasteiger partial charge in [0.1, 0.15) is 5.82 Å². The van der Waals surface area contributed by atoms with Crippen molar-refractivity contribution >= 4 is 11.9 Å². The van der Waals surface area contributed by atoms with Crippen molar-refractivity contribution in [3.63, 3.8) is 0 Å². The first-order valence-electron chi connectivity index (χ1n) is 5.35. The van der Waals surface area contributed by atoms with Crippen LogP contribution in [-0.4, -0.2) is 26.2 Å². The van der Waals surface area contributed by atoms with E-state index >= 15 is 0 Å². The molecule has 0 spiro atoms. The zero-order valence-electron chi connectivity index (χ0n) is 10.5. The molecule has 0 atom stereocenters. The molecule has 1 rings (SSSR count). The average Bonchev–Trinajstić information content (AvgIpc) is 2.36. The number of hydrogen-bond donors (Lipinski definition) is 0. The molecule has 0 saturated carbocycles. The summed E-state index contributed by atoms with van der Waals surface area (Å²) in [7, 11) is 2.38. The van der Waals surface area contributed by atoms with E-state index in [9.17, 15) is 14.0 Å². The van der Waals surface area contributed by atoms with Crippen molar-refractivity contribution in [2.75, 3.05) is 14.2 Å². The largest absolute Gasteiger partial charge is 0.468 e. The van der Waals surface area contributed by atoms with Crippen molar-refractivity contribution in [2.45, 2.75) is 13.3 Å². The predicted octanol–water partition coefficient (Wildman–Crippen LogP) is 1.72. The lowest BCUT2D eigenvalue weighted by molar-refractivity contribution is -0.167. The molecule has 0 aliphatic carbocycles. The summed E-state index contributed by atoms with van der Waals surface area (Å²) in [5, 5.41) is 0. The lowest BCUT2D eigenvalue weighted by Gasteiger charge is -2.23. The third-order valence-electron chi connectivity index (χ3n) is 2.72. The maximum Gasteiger partial charge on any atom is 0.323 e. The Balaban J connectivity index is 3.06. The summed E-state index contributed by atoms with van der Waals surface area (Å²) in [6.07, 6.45) is 0.0180. The molecule has 0 fully saturated rings. The number of benzene rings is 1. The summed E-state index contributed by atoms with van der Waals surface area (Å²) >= 11 is 0. The smallest absolute Gasteiger partial charge is 0.323 e. The maximum atomic E-state index is 13.1. The van der Waals surface area contributed by atoms with Gasteiger partial charge in [-0.15, -0.1) is 0 Å². The number of carbonyl (C=O) groups excluding carboxylic acids is 2. The van der Waals surface area contributed by atoms with Crippen molar-refractivity contribution in [1.29, 1.82) is 0 Å². The van der Waals surface area contributed by atoms with Gasteiger partial charge in [-0.05, 0) is 31.0 Å². The number of ether oxygens (including phenoxy) is 2. The van der Waals surface area contributed by atoms with Crippen LogP contribution in [0.4, 0.5) is 4.39 Å². The van der Waals surface area contributed by atoms with Gasteiger partial charge in [-0.25, -0.2) is 4.39 Å². The molecule has 0 aromatic heterocycles. The molecule has 0 N–H and O–H groups in total. The maximum absolute atomic E-state index is 13.1. The molecular formula is C13H15FO4. The van der Waals surface area contributed by atoms with Crippen LogP contribution in [-0.2, 0) is 25.5 Å². The number of halogens is 1. The van der Waals surface area contributed by atoms with Gasteiger partial charge in [0.15, 0.2) is 5.41 Å². The molecule has 1 aromatic rings. The Hall–Kier alpha value is -1.91. The van der Waals surface area contributed by atoms with Crippen LogP contribution in [0.5, 0.6) is 0 Å². The number of rotatable bonds is 4. The highest BCUT2D eigenvalue weighted by molar-refractivity contribution is 5.99. The van der Waals surface area contributed by atoms with Gasteiger partial charge in [-0.1, -0.05) is 12.1 Å². The van der Waals surface area contributed by atoms with Gasteiger partial charge in [0, 0.05) is 0 Å². The van der Waals surface area contributed by atoms with Crippen LogP contribution in [0, 0.1) is 11.2 Å². The van der Waals surface area contributed by atoms with Crippen LogP contribution < -0.4 is 0 Å². The molecule has 0 aliphatic rings. The summed E-state index contributed by atoms with van der Waals surface area (Å²) in [4.78, 5) is 23.4. The van der Waals surface area contributed by atoms with E-state index < -0.39 is 23.2 Å². The van der Waals surface area contributed by atoms with E-state index in [0.29, 0.717) is 5.56 Å². The highest BCUT2D eigenvalue weighted by atomic mass is 19.1. The number of methoxy groups -OCH3 is 2. The fourth-order valence-electron chi connectivity index (χ4n) is 1.73. The first kappa shape index (κ1) is 14.2. The molecule has 0 unspecified atom stereocenters. The van der Waals surface area contributed by atoms with E-state index in [-0.39, 0.29) is 6.42 Å². The van der Waals surface area contributed by atoms with E-state index in [1.807, 2.05) is 0 Å². The van der Waals surface area contributed by atoms with E-state index in [1.165, 1.54) is 39.3 Å². The van der Waals surface area contributed by atoms with Crippen LogP contribution in [0.1, 0.15) is 12.5 Å². The lowest BCUT2D eigenvalue weighted by atomic mass is 9.83. The summed E-state index contributed by atoms with van der Waals surface area (Å²) < 4.78 is 22.3. The van der Waals surface area contributed by atoms with E-state index in [2.05, 4.69) is 9.47 Å². The molecule has 4 nitrogen and oxygen atoms in total. The second-order valence-corrected chi connectivity index (χ2v) is 4.12. The molecule has 1 aromatic carbocycles. The molecular weight excluding hydrogens is 239 g/mol. The van der Waals surface area contributed by atoms with Gasteiger partial charge in [-0.2, -0.15) is 0 Å². The molecule has 0 heterocycles. The Morgan fingerprint density at radius 2 is 1.78 bits per heavy atom. The third kappa shape index (κ3) is 2.85. The summed E-state index contributed by atoms with van der Waals surface area (Å²) in [5.74, 6) is -1.85. The quantitative estimate of drug-likeness (QED) is 0.606. The van der Waals surface area contributed by atoms with E-state index in [4.69, 9.17) is 0 Å². The summed E-state index contributed by atoms with van der Waals surface area (Å²) in [6, 6.07) is 5.70. The van der Waals surface area contributed by atoms with Crippen LogP contribution in [0.3, 0.4) is 0 Å². The number of hydrogen-bond acceptors (Lipinski definition) is 4. The zero-order valence-corrected chi connectivity index (χ0v) is 10.5. The topological polar surface area (TPSA) is 52.6 Å². The minimum Gasteiger partial charge on any atom is -0.468 e. The standard InChI is InChI=1S/C13H15FO4/c1-13(11(15)17-2,12(16)18-3)8-9-5-4-6-10(14)7-9/h4-7H,8H2,1-3H3. The molecule has 0 bridgehead atoms. The second-order valence-electron chi connectivity index (χ2n) is 4.12. The highest BCUT2D eigenvalue weighted by Gasteiger charge is 2.43. The Bertz CT molecular complexity index is 440. The SMILES string of the molecule is COC(=O)C(C)(Cc1cccc(F)c1)C(=O)OC. The Labute approximate surface area is 105 Å². The van der Waals surface area contributed by atoms with Crippen LogP contribution in [0.15, 0.2) is 24.3 Å². The summed E-state index contributed by atoms with van der Waals surface area (Å²) in [6.45, 7) is 1.41. The molecule has 0 saturated heterocycles. The van der Waals surface area contributed by atoms with E-state index in [1.54, 1.807) is 6.07 Å². The molecule has 98 valence electrons. The molecule has 0 radical (unpaired) electrons. The highest BCUT2D eigenvalue weighted by Crippen LogP contribution is 2.26. The van der Waals surface area contributed by atoms with Crippen LogP contribution in [0.2, 0.25) is 0 Å². The first-order chi connectivity index (χ1) is 8.43. The number of carbonyl (C=O) groups is 2. The molecule has 0 aliphatic heterocycles. The predicted molar refractivity (Wildman–Crippen MR) is 62.2 cm³/mol. The van der Waals surface area contributed by atoms with Gasteiger partial charge >= 0.3 is 11.9 Å². The molecule has 0 amide bonds. The molecule has 5 heteroatoms. The monoisotopic (exact) mass is 254 g/mol. The van der Waals surface area contributed by atoms with Gasteiger partial charge in [0.2, 0.25) is 0 Å². The fraction of sp³-hybridized carbons (Fsp3) is 0.385. The van der Waals surface area contributed by atoms with Gasteiger partial charge in [-0.3, -0.25) is 9.59 Å². The van der Waals surface area contributed by atoms with E-state index in [0.717, 1.165) is 0 Å². The average molecular weight is 254 g/mol. The Kier molecular flexibility index (Phi) is 4.42. The minimum atomic E-state index is -1.47.